The van der Waals surface area contributed by atoms with Gasteiger partial charge in [0.2, 0.25) is 0 Å². The van der Waals surface area contributed by atoms with Crippen molar-refractivity contribution in [1.82, 2.24) is 15.0 Å². The second-order valence-corrected chi connectivity index (χ2v) is 14.6. The van der Waals surface area contributed by atoms with E-state index in [1.54, 1.807) is 0 Å². The van der Waals surface area contributed by atoms with Gasteiger partial charge in [-0.1, -0.05) is 161 Å². The Morgan fingerprint density at radius 2 is 0.745 bits per heavy atom. The molecule has 0 unspecified atom stereocenters. The van der Waals surface area contributed by atoms with Crippen molar-refractivity contribution in [2.45, 2.75) is 0 Å². The molecular formula is C45H35B6N3O. The van der Waals surface area contributed by atoms with Gasteiger partial charge in [0, 0.05) is 27.5 Å². The van der Waals surface area contributed by atoms with Crippen molar-refractivity contribution in [2.75, 3.05) is 0 Å². The SMILES string of the molecule is Bc1c(-c2ccccc2)c(B)c2c(oc3c(B)c(-c4nc(-c5ccc(-c6ccccc6)cc5)nc(-c5cccc(-c6ccccc6)c5)n4)c(B)c(B)c32)c1B. The van der Waals surface area contributed by atoms with Crippen molar-refractivity contribution < 1.29 is 4.42 Å². The molecule has 9 aromatic rings. The average Bonchev–Trinajstić information content (AvgIpc) is 3.65. The smallest absolute Gasteiger partial charge is 0.164 e. The zero-order valence-electron chi connectivity index (χ0n) is 32.0. The Bertz CT molecular complexity index is 2920. The maximum absolute atomic E-state index is 6.94. The highest BCUT2D eigenvalue weighted by molar-refractivity contribution is 6.64. The lowest BCUT2D eigenvalue weighted by atomic mass is 9.67. The van der Waals surface area contributed by atoms with E-state index < -0.39 is 0 Å². The first-order valence-electron chi connectivity index (χ1n) is 18.9. The van der Waals surface area contributed by atoms with Crippen molar-refractivity contribution in [3.05, 3.63) is 140 Å². The van der Waals surface area contributed by atoms with Crippen LogP contribution in [0.25, 0.3) is 89.5 Å². The molecule has 0 spiro atoms. The van der Waals surface area contributed by atoms with Gasteiger partial charge in [0.05, 0.1) is 0 Å². The van der Waals surface area contributed by atoms with Crippen LogP contribution in [0.1, 0.15) is 0 Å². The van der Waals surface area contributed by atoms with Gasteiger partial charge in [-0.2, -0.15) is 0 Å². The van der Waals surface area contributed by atoms with Crippen LogP contribution in [0.5, 0.6) is 0 Å². The number of rotatable bonds is 6. The molecule has 0 aliphatic carbocycles. The lowest BCUT2D eigenvalue weighted by molar-refractivity contribution is 0.675. The predicted molar refractivity (Wildman–Crippen MR) is 249 cm³/mol. The lowest BCUT2D eigenvalue weighted by Gasteiger charge is -2.17. The van der Waals surface area contributed by atoms with Gasteiger partial charge in [-0.15, -0.1) is 0 Å². The number of fused-ring (bicyclic) bond motifs is 3. The first kappa shape index (κ1) is 34.5. The lowest BCUT2D eigenvalue weighted by Crippen LogP contribution is -2.36. The summed E-state index contributed by atoms with van der Waals surface area (Å²) in [6.45, 7) is 0. The summed E-state index contributed by atoms with van der Waals surface area (Å²) in [4.78, 5) is 15.6. The van der Waals surface area contributed by atoms with E-state index in [0.717, 1.165) is 66.3 Å². The van der Waals surface area contributed by atoms with Crippen LogP contribution < -0.4 is 32.8 Å². The molecule has 10 heteroatoms. The van der Waals surface area contributed by atoms with Gasteiger partial charge in [0.1, 0.15) is 58.2 Å². The quantitative estimate of drug-likeness (QED) is 0.246. The van der Waals surface area contributed by atoms with Crippen molar-refractivity contribution in [1.29, 1.82) is 0 Å². The third-order valence-electron chi connectivity index (χ3n) is 11.4. The molecule has 0 amide bonds. The van der Waals surface area contributed by atoms with Crippen molar-refractivity contribution in [3.8, 4) is 67.5 Å². The predicted octanol–water partition coefficient (Wildman–Crippen LogP) is 1.32. The van der Waals surface area contributed by atoms with Crippen molar-refractivity contribution in [3.63, 3.8) is 0 Å². The molecule has 0 N–H and O–H groups in total. The highest BCUT2D eigenvalue weighted by Gasteiger charge is 2.25. The second-order valence-electron chi connectivity index (χ2n) is 14.6. The van der Waals surface area contributed by atoms with Crippen LogP contribution in [-0.4, -0.2) is 62.0 Å². The first-order valence-corrected chi connectivity index (χ1v) is 18.9. The Labute approximate surface area is 327 Å². The molecule has 0 saturated carbocycles. The minimum Gasteiger partial charge on any atom is -0.457 e. The van der Waals surface area contributed by atoms with E-state index >= 15 is 0 Å². The molecule has 9 rings (SSSR count). The molecule has 254 valence electrons. The normalized spacial score (nSPS) is 11.3. The number of hydrogen-bond acceptors (Lipinski definition) is 4. The monoisotopic (exact) mass is 699 g/mol. The van der Waals surface area contributed by atoms with Gasteiger partial charge in [0.25, 0.3) is 0 Å². The van der Waals surface area contributed by atoms with Gasteiger partial charge in [-0.25, -0.2) is 15.0 Å². The number of furan rings is 1. The maximum atomic E-state index is 6.94. The van der Waals surface area contributed by atoms with Crippen molar-refractivity contribution >= 4 is 102 Å². The topological polar surface area (TPSA) is 51.8 Å². The fraction of sp³-hybridized carbons (Fsp3) is 0. The highest BCUT2D eigenvalue weighted by atomic mass is 16.3. The highest BCUT2D eigenvalue weighted by Crippen LogP contribution is 2.31. The number of hydrogen-bond donors (Lipinski definition) is 0. The van der Waals surface area contributed by atoms with Crippen LogP contribution in [0.3, 0.4) is 0 Å². The van der Waals surface area contributed by atoms with Crippen LogP contribution >= 0.6 is 0 Å². The van der Waals surface area contributed by atoms with Crippen LogP contribution in [0.4, 0.5) is 0 Å². The summed E-state index contributed by atoms with van der Waals surface area (Å²) in [6, 6.07) is 48.5. The molecule has 2 heterocycles. The van der Waals surface area contributed by atoms with Crippen molar-refractivity contribution in [2.24, 2.45) is 0 Å². The zero-order valence-corrected chi connectivity index (χ0v) is 32.0. The molecule has 0 aliphatic rings. The molecule has 7 aromatic carbocycles. The van der Waals surface area contributed by atoms with E-state index in [4.69, 9.17) is 19.4 Å². The van der Waals surface area contributed by atoms with Crippen LogP contribution in [0.2, 0.25) is 0 Å². The molecule has 0 saturated heterocycles. The van der Waals surface area contributed by atoms with Gasteiger partial charge in [-0.05, 0) is 44.9 Å². The van der Waals surface area contributed by atoms with E-state index in [9.17, 15) is 0 Å². The fourth-order valence-corrected chi connectivity index (χ4v) is 8.24. The third-order valence-corrected chi connectivity index (χ3v) is 11.4. The summed E-state index contributed by atoms with van der Waals surface area (Å²) in [5.41, 5.74) is 18.7. The largest absolute Gasteiger partial charge is 0.457 e. The Hall–Kier alpha value is -6.26. The van der Waals surface area contributed by atoms with Gasteiger partial charge >= 0.3 is 0 Å². The van der Waals surface area contributed by atoms with E-state index in [1.807, 2.05) is 12.1 Å². The van der Waals surface area contributed by atoms with Crippen LogP contribution in [-0.2, 0) is 0 Å². The van der Waals surface area contributed by atoms with Crippen LogP contribution in [0, 0.1) is 0 Å². The van der Waals surface area contributed by atoms with Gasteiger partial charge < -0.3 is 4.42 Å². The molecule has 0 radical (unpaired) electrons. The standard InChI is InChI=1S/C45H35B6N3O/c46-35-31(27-15-8-3-9-16-27)36(47)40(51)42-32(35)33-37(48)38(49)34(39(50)41(33)55-42)45-53-43(28-21-19-26(20-22-28)24-11-4-1-5-12-24)52-44(54-45)30-18-10-17-29(23-30)25-13-6-2-7-14-25/h1-23H,46-51H2. The summed E-state index contributed by atoms with van der Waals surface area (Å²) >= 11 is 0. The molecule has 2 aromatic heterocycles. The van der Waals surface area contributed by atoms with Gasteiger partial charge in [0.15, 0.2) is 17.5 Å². The minimum atomic E-state index is 0.626. The summed E-state index contributed by atoms with van der Waals surface area (Å²) < 4.78 is 6.94. The van der Waals surface area contributed by atoms with Crippen LogP contribution in [0.15, 0.2) is 144 Å². The molecule has 0 bridgehead atoms. The Morgan fingerprint density at radius 1 is 0.309 bits per heavy atom. The molecule has 0 aliphatic heterocycles. The summed E-state index contributed by atoms with van der Waals surface area (Å²) in [7, 11) is 13.2. The van der Waals surface area contributed by atoms with E-state index in [0.29, 0.717) is 17.5 Å². The number of nitrogens with zero attached hydrogens (tertiary/aromatic N) is 3. The number of benzene rings is 7. The van der Waals surface area contributed by atoms with E-state index in [2.05, 4.69) is 174 Å². The third kappa shape index (κ3) is 5.93. The van der Waals surface area contributed by atoms with E-state index in [1.165, 1.54) is 38.5 Å². The van der Waals surface area contributed by atoms with E-state index in [-0.39, 0.29) is 0 Å². The maximum Gasteiger partial charge on any atom is 0.164 e. The zero-order chi connectivity index (χ0) is 37.8. The summed E-state index contributed by atoms with van der Waals surface area (Å²) in [5.74, 6) is 1.88. The summed E-state index contributed by atoms with van der Waals surface area (Å²) in [6.07, 6.45) is 0. The second kappa shape index (κ2) is 13.9. The average molecular weight is 699 g/mol. The van der Waals surface area contributed by atoms with Gasteiger partial charge in [-0.3, -0.25) is 0 Å². The summed E-state index contributed by atoms with van der Waals surface area (Å²) in [5, 5.41) is 2.34. The Balaban J connectivity index is 1.27. The minimum absolute atomic E-state index is 0.626. The Morgan fingerprint density at radius 3 is 1.38 bits per heavy atom. The molecular weight excluding hydrogens is 663 g/mol. The number of aromatic nitrogens is 3. The fourth-order valence-electron chi connectivity index (χ4n) is 8.24. The Kier molecular flexibility index (Phi) is 8.70. The molecule has 0 atom stereocenters. The molecule has 0 fully saturated rings. The first-order chi connectivity index (χ1) is 26.8. The molecule has 4 nitrogen and oxygen atoms in total. The molecule has 55 heavy (non-hydrogen) atoms.